The van der Waals surface area contributed by atoms with Gasteiger partial charge in [-0.15, -0.1) is 0 Å². The Balaban J connectivity index is 1.32. The lowest BCUT2D eigenvalue weighted by Crippen LogP contribution is -2.45. The van der Waals surface area contributed by atoms with Crippen LogP contribution in [-0.2, 0) is 18.0 Å². The molecule has 8 heteroatoms. The van der Waals surface area contributed by atoms with E-state index in [-0.39, 0.29) is 36.9 Å². The lowest BCUT2D eigenvalue weighted by atomic mass is 9.92. The number of nitrogens with zero attached hydrogens (tertiary/aromatic N) is 1. The number of aliphatic hydroxyl groups excluding tert-OH is 2. The van der Waals surface area contributed by atoms with Crippen molar-refractivity contribution in [3.8, 4) is 0 Å². The Hall–Kier alpha value is -3.07. The van der Waals surface area contributed by atoms with Gasteiger partial charge in [-0.25, -0.2) is 4.79 Å². The first kappa shape index (κ1) is 24.1. The number of benzene rings is 2. The van der Waals surface area contributed by atoms with Gasteiger partial charge >= 0.3 is 5.97 Å². The van der Waals surface area contributed by atoms with Gasteiger partial charge in [-0.3, -0.25) is 9.59 Å². The zero-order chi connectivity index (χ0) is 24.4. The summed E-state index contributed by atoms with van der Waals surface area (Å²) in [6.45, 7) is 5.13. The van der Waals surface area contributed by atoms with Gasteiger partial charge in [0.25, 0.3) is 5.91 Å². The first-order chi connectivity index (χ1) is 16.3. The lowest BCUT2D eigenvalue weighted by Gasteiger charge is -2.34. The summed E-state index contributed by atoms with van der Waals surface area (Å²) in [5.41, 5.74) is 4.26. The summed E-state index contributed by atoms with van der Waals surface area (Å²) in [7, 11) is 0. The first-order valence-electron chi connectivity index (χ1n) is 11.5. The van der Waals surface area contributed by atoms with Crippen LogP contribution >= 0.6 is 0 Å². The van der Waals surface area contributed by atoms with Crippen molar-refractivity contribution in [2.75, 3.05) is 19.6 Å². The van der Waals surface area contributed by atoms with Crippen molar-refractivity contribution in [2.45, 2.75) is 52.0 Å². The highest BCUT2D eigenvalue weighted by molar-refractivity contribution is 5.98. The molecule has 0 bridgehead atoms. The van der Waals surface area contributed by atoms with Crippen LogP contribution < -0.4 is 5.32 Å². The minimum atomic E-state index is -0.742. The quantitative estimate of drug-likeness (QED) is 0.423. The molecule has 1 atom stereocenters. The lowest BCUT2D eigenvalue weighted by molar-refractivity contribution is 0.0535. The molecule has 2 aliphatic heterocycles. The molecule has 3 N–H and O–H groups in total. The summed E-state index contributed by atoms with van der Waals surface area (Å²) in [5, 5.41) is 23.6. The minimum Gasteiger partial charge on any atom is -0.457 e. The number of hydrogen-bond acceptors (Lipinski definition) is 7. The zero-order valence-corrected chi connectivity index (χ0v) is 19.5. The van der Waals surface area contributed by atoms with E-state index >= 15 is 0 Å². The van der Waals surface area contributed by atoms with Crippen LogP contribution in [0.25, 0.3) is 0 Å². The number of carbonyl (C=O) groups is 3. The normalized spacial score (nSPS) is 17.2. The Kier molecular flexibility index (Phi) is 7.11. The standard InChI is InChI=1S/C26H30N2O6/c1-15-20(5-6-21(16(2)30)23(15)13-29)24(31)12-28-9-7-19(8-10-28)27-25(32)17-3-4-22-18(11-17)14-34-26(22)33/h3-6,11,19,24,29,31H,7-10,12-14H2,1-2H3,(H,27,32). The van der Waals surface area contributed by atoms with Crippen LogP contribution in [0.4, 0.5) is 0 Å². The molecule has 4 rings (SSSR count). The smallest absolute Gasteiger partial charge is 0.338 e. The van der Waals surface area contributed by atoms with Crippen molar-refractivity contribution in [2.24, 2.45) is 0 Å². The highest BCUT2D eigenvalue weighted by Crippen LogP contribution is 2.26. The Bertz CT molecular complexity index is 1120. The third-order valence-corrected chi connectivity index (χ3v) is 6.84. The number of rotatable bonds is 7. The molecule has 180 valence electrons. The molecule has 1 fully saturated rings. The highest BCUT2D eigenvalue weighted by Gasteiger charge is 2.26. The van der Waals surface area contributed by atoms with Gasteiger partial charge in [-0.05, 0) is 61.6 Å². The fourth-order valence-electron chi connectivity index (χ4n) is 4.82. The van der Waals surface area contributed by atoms with E-state index in [9.17, 15) is 24.6 Å². The van der Waals surface area contributed by atoms with Crippen LogP contribution in [0.1, 0.15) is 79.2 Å². The molecule has 0 saturated carbocycles. The Morgan fingerprint density at radius 1 is 1.21 bits per heavy atom. The van der Waals surface area contributed by atoms with Gasteiger partial charge in [0.2, 0.25) is 0 Å². The van der Waals surface area contributed by atoms with Gasteiger partial charge < -0.3 is 25.2 Å². The van der Waals surface area contributed by atoms with Crippen LogP contribution in [0.15, 0.2) is 30.3 Å². The van der Waals surface area contributed by atoms with Crippen molar-refractivity contribution in [1.82, 2.24) is 10.2 Å². The third kappa shape index (κ3) is 4.89. The molecule has 2 heterocycles. The van der Waals surface area contributed by atoms with Crippen LogP contribution in [0, 0.1) is 6.92 Å². The van der Waals surface area contributed by atoms with Crippen molar-refractivity contribution in [1.29, 1.82) is 0 Å². The molecule has 34 heavy (non-hydrogen) atoms. The number of esters is 1. The molecule has 2 aromatic rings. The number of Topliss-reactive ketones (excluding diaryl/α,β-unsaturated/α-hetero) is 1. The number of amides is 1. The Morgan fingerprint density at radius 2 is 1.94 bits per heavy atom. The number of fused-ring (bicyclic) bond motifs is 1. The Labute approximate surface area is 198 Å². The van der Waals surface area contributed by atoms with Crippen LogP contribution in [0.5, 0.6) is 0 Å². The summed E-state index contributed by atoms with van der Waals surface area (Å²) in [6.07, 6.45) is 0.776. The van der Waals surface area contributed by atoms with Crippen LogP contribution in [0.2, 0.25) is 0 Å². The number of piperidine rings is 1. The number of likely N-dealkylation sites (tertiary alicyclic amines) is 1. The third-order valence-electron chi connectivity index (χ3n) is 6.84. The Morgan fingerprint density at radius 3 is 2.62 bits per heavy atom. The maximum atomic E-state index is 12.7. The van der Waals surface area contributed by atoms with Crippen molar-refractivity contribution in [3.63, 3.8) is 0 Å². The molecule has 1 unspecified atom stereocenters. The predicted octanol–water partition coefficient (Wildman–Crippen LogP) is 2.29. The highest BCUT2D eigenvalue weighted by atomic mass is 16.5. The number of carbonyl (C=O) groups excluding carboxylic acids is 3. The van der Waals surface area contributed by atoms with Crippen molar-refractivity contribution in [3.05, 3.63) is 69.3 Å². The van der Waals surface area contributed by atoms with Gasteiger partial charge in [-0.2, -0.15) is 0 Å². The number of nitrogens with one attached hydrogen (secondary N) is 1. The number of cyclic esters (lactones) is 1. The SMILES string of the molecule is CC(=O)c1ccc(C(O)CN2CCC(NC(=O)c3ccc4c(c3)COC4=O)CC2)c(C)c1CO. The molecule has 8 nitrogen and oxygen atoms in total. The monoisotopic (exact) mass is 466 g/mol. The summed E-state index contributed by atoms with van der Waals surface area (Å²) in [6, 6.07) is 8.45. The molecule has 0 aromatic heterocycles. The summed E-state index contributed by atoms with van der Waals surface area (Å²) in [5.74, 6) is -0.633. The average molecular weight is 467 g/mol. The molecule has 0 radical (unpaired) electrons. The van der Waals surface area contributed by atoms with Gasteiger partial charge in [0, 0.05) is 42.4 Å². The zero-order valence-electron chi connectivity index (χ0n) is 19.5. The summed E-state index contributed by atoms with van der Waals surface area (Å²) in [4.78, 5) is 38.2. The van der Waals surface area contributed by atoms with E-state index in [0.29, 0.717) is 34.4 Å². The second kappa shape index (κ2) is 10.0. The number of aliphatic hydroxyl groups is 2. The molecule has 1 amide bonds. The molecule has 2 aliphatic rings. The number of ketones is 1. The molecule has 2 aromatic carbocycles. The first-order valence-corrected chi connectivity index (χ1v) is 11.5. The average Bonchev–Trinajstić information content (AvgIpc) is 3.19. The molecular formula is C26H30N2O6. The number of ether oxygens (including phenoxy) is 1. The van der Waals surface area contributed by atoms with E-state index in [2.05, 4.69) is 10.2 Å². The van der Waals surface area contributed by atoms with E-state index in [1.54, 1.807) is 30.3 Å². The fraction of sp³-hybridized carbons (Fsp3) is 0.423. The van der Waals surface area contributed by atoms with Gasteiger partial charge in [0.15, 0.2) is 5.78 Å². The maximum Gasteiger partial charge on any atom is 0.338 e. The summed E-state index contributed by atoms with van der Waals surface area (Å²) < 4.78 is 5.00. The van der Waals surface area contributed by atoms with E-state index in [0.717, 1.165) is 37.1 Å². The molecule has 0 spiro atoms. The predicted molar refractivity (Wildman–Crippen MR) is 125 cm³/mol. The van der Waals surface area contributed by atoms with E-state index in [1.165, 1.54) is 6.92 Å². The molecule has 1 saturated heterocycles. The van der Waals surface area contributed by atoms with E-state index in [1.807, 2.05) is 6.92 Å². The fourth-order valence-corrected chi connectivity index (χ4v) is 4.82. The van der Waals surface area contributed by atoms with E-state index < -0.39 is 6.10 Å². The van der Waals surface area contributed by atoms with Crippen LogP contribution in [0.3, 0.4) is 0 Å². The number of β-amino-alcohol motifs (C(OH)–C–C–N with tert-alkyl or cyclic N) is 1. The van der Waals surface area contributed by atoms with Gasteiger partial charge in [-0.1, -0.05) is 12.1 Å². The van der Waals surface area contributed by atoms with Crippen LogP contribution in [-0.4, -0.2) is 58.4 Å². The van der Waals surface area contributed by atoms with Crippen molar-refractivity contribution < 1.29 is 29.3 Å². The van der Waals surface area contributed by atoms with Gasteiger partial charge in [0.1, 0.15) is 6.61 Å². The second-order valence-corrected chi connectivity index (χ2v) is 9.03. The maximum absolute atomic E-state index is 12.7. The van der Waals surface area contributed by atoms with E-state index in [4.69, 9.17) is 4.74 Å². The topological polar surface area (TPSA) is 116 Å². The number of hydrogen-bond donors (Lipinski definition) is 3. The largest absolute Gasteiger partial charge is 0.457 e. The molecule has 0 aliphatic carbocycles. The second-order valence-electron chi connectivity index (χ2n) is 9.03. The van der Waals surface area contributed by atoms with Crippen molar-refractivity contribution >= 4 is 17.7 Å². The summed E-state index contributed by atoms with van der Waals surface area (Å²) >= 11 is 0. The molecular weight excluding hydrogens is 436 g/mol. The minimum absolute atomic E-state index is 0.0320. The van der Waals surface area contributed by atoms with Gasteiger partial charge in [0.05, 0.1) is 18.3 Å².